The van der Waals surface area contributed by atoms with Crippen LogP contribution in [0, 0.1) is 11.3 Å². The summed E-state index contributed by atoms with van der Waals surface area (Å²) in [6, 6.07) is 17.9. The second-order valence-corrected chi connectivity index (χ2v) is 9.80. The van der Waals surface area contributed by atoms with Crippen molar-refractivity contribution in [2.75, 3.05) is 13.1 Å². The van der Waals surface area contributed by atoms with Gasteiger partial charge in [0, 0.05) is 31.2 Å². The van der Waals surface area contributed by atoms with E-state index < -0.39 is 11.5 Å². The van der Waals surface area contributed by atoms with Crippen molar-refractivity contribution >= 4 is 16.8 Å². The molecule has 5 rings (SSSR count). The number of nitrogens with one attached hydrogen (secondary N) is 1. The summed E-state index contributed by atoms with van der Waals surface area (Å²) in [5.74, 6) is -0.236. The van der Waals surface area contributed by atoms with Crippen LogP contribution in [0.1, 0.15) is 60.3 Å². The molecule has 0 radical (unpaired) electrons. The number of amides is 1. The fourth-order valence-corrected chi connectivity index (χ4v) is 5.42. The molecule has 2 aliphatic rings. The number of hydrogen-bond acceptors (Lipinski definition) is 6. The topological polar surface area (TPSA) is 102 Å². The Labute approximate surface area is 205 Å². The molecular formula is C28H31N5O2. The lowest BCUT2D eigenvalue weighted by Crippen LogP contribution is -2.45. The smallest absolute Gasteiger partial charge is 0.270 e. The number of nitrogens with zero attached hydrogens (tertiary/aromatic N) is 4. The van der Waals surface area contributed by atoms with E-state index >= 15 is 0 Å². The molecule has 180 valence electrons. The van der Waals surface area contributed by atoms with Gasteiger partial charge < -0.3 is 10.4 Å². The third-order valence-corrected chi connectivity index (χ3v) is 7.55. The van der Waals surface area contributed by atoms with Gasteiger partial charge in [-0.1, -0.05) is 37.1 Å². The first-order chi connectivity index (χ1) is 17.1. The zero-order chi connectivity index (χ0) is 24.3. The standard InChI is InChI=1S/C28H31N5O2/c29-19-28(26-11-5-6-14-30-26)12-15-33(16-13-28)18-20-17-24(31-22-8-2-1-7-21(20)22)27(35)32-23-9-3-4-10-25(23)34/h1-2,5-8,11,14,17,23,25,34H,3-4,9-10,12-13,15-16,18H2,(H,32,35). The molecule has 7 nitrogen and oxygen atoms in total. The molecule has 0 bridgehead atoms. The van der Waals surface area contributed by atoms with Crippen LogP contribution in [0.4, 0.5) is 0 Å². The Balaban J connectivity index is 1.35. The Morgan fingerprint density at radius 3 is 2.66 bits per heavy atom. The minimum atomic E-state index is -0.552. The van der Waals surface area contributed by atoms with Gasteiger partial charge in [-0.2, -0.15) is 5.26 Å². The van der Waals surface area contributed by atoms with E-state index in [-0.39, 0.29) is 11.9 Å². The Morgan fingerprint density at radius 1 is 1.14 bits per heavy atom. The summed E-state index contributed by atoms with van der Waals surface area (Å²) >= 11 is 0. The Morgan fingerprint density at radius 2 is 1.91 bits per heavy atom. The second-order valence-electron chi connectivity index (χ2n) is 9.80. The third kappa shape index (κ3) is 4.90. The first-order valence-electron chi connectivity index (χ1n) is 12.5. The van der Waals surface area contributed by atoms with Gasteiger partial charge in [-0.3, -0.25) is 14.7 Å². The summed E-state index contributed by atoms with van der Waals surface area (Å²) < 4.78 is 0. The molecule has 1 amide bonds. The molecule has 1 aliphatic carbocycles. The minimum absolute atomic E-state index is 0.222. The van der Waals surface area contributed by atoms with Crippen LogP contribution in [0.5, 0.6) is 0 Å². The number of carbonyl (C=O) groups is 1. The predicted molar refractivity (Wildman–Crippen MR) is 134 cm³/mol. The third-order valence-electron chi connectivity index (χ3n) is 7.55. The number of para-hydroxylation sites is 1. The zero-order valence-electron chi connectivity index (χ0n) is 19.9. The number of pyridine rings is 2. The number of rotatable bonds is 5. The van der Waals surface area contributed by atoms with Crippen molar-refractivity contribution in [3.63, 3.8) is 0 Å². The van der Waals surface area contributed by atoms with E-state index in [2.05, 4.69) is 26.3 Å². The van der Waals surface area contributed by atoms with Gasteiger partial charge in [-0.05, 0) is 55.5 Å². The summed E-state index contributed by atoms with van der Waals surface area (Å²) in [6.45, 7) is 2.23. The molecular weight excluding hydrogens is 438 g/mol. The zero-order valence-corrected chi connectivity index (χ0v) is 19.9. The normalized spacial score (nSPS) is 22.4. The molecule has 2 fully saturated rings. The maximum atomic E-state index is 13.1. The Kier molecular flexibility index (Phi) is 6.76. The van der Waals surface area contributed by atoms with Crippen LogP contribution in [0.2, 0.25) is 0 Å². The molecule has 2 N–H and O–H groups in total. The van der Waals surface area contributed by atoms with E-state index in [1.54, 1.807) is 6.20 Å². The molecule has 2 atom stereocenters. The Bertz CT molecular complexity index is 1230. The number of aromatic nitrogens is 2. The summed E-state index contributed by atoms with van der Waals surface area (Å²) in [4.78, 5) is 24.5. The van der Waals surface area contributed by atoms with Gasteiger partial charge in [-0.15, -0.1) is 0 Å². The van der Waals surface area contributed by atoms with Gasteiger partial charge >= 0.3 is 0 Å². The van der Waals surface area contributed by atoms with Crippen LogP contribution in [-0.2, 0) is 12.0 Å². The van der Waals surface area contributed by atoms with Crippen molar-refractivity contribution in [3.05, 3.63) is 71.7 Å². The lowest BCUT2D eigenvalue weighted by Gasteiger charge is -2.37. The average molecular weight is 470 g/mol. The summed E-state index contributed by atoms with van der Waals surface area (Å²) in [6.07, 6.45) is 6.21. The van der Waals surface area contributed by atoms with Gasteiger partial charge in [0.15, 0.2) is 0 Å². The monoisotopic (exact) mass is 469 g/mol. The van der Waals surface area contributed by atoms with Gasteiger partial charge in [0.2, 0.25) is 0 Å². The highest BCUT2D eigenvalue weighted by atomic mass is 16.3. The summed E-state index contributed by atoms with van der Waals surface area (Å²) in [5.41, 5.74) is 2.52. The maximum Gasteiger partial charge on any atom is 0.270 e. The first kappa shape index (κ1) is 23.4. The van der Waals surface area contributed by atoms with Crippen LogP contribution >= 0.6 is 0 Å². The number of carbonyl (C=O) groups excluding carboxylic acids is 1. The van der Waals surface area contributed by atoms with Crippen molar-refractivity contribution in [2.45, 2.75) is 62.6 Å². The van der Waals surface area contributed by atoms with E-state index in [1.165, 1.54) is 0 Å². The fourth-order valence-electron chi connectivity index (χ4n) is 5.42. The first-order valence-corrected chi connectivity index (χ1v) is 12.5. The second kappa shape index (κ2) is 10.1. The number of likely N-dealkylation sites (tertiary alicyclic amines) is 1. The molecule has 3 heterocycles. The highest BCUT2D eigenvalue weighted by Crippen LogP contribution is 2.34. The molecule has 2 unspecified atom stereocenters. The molecule has 1 saturated heterocycles. The van der Waals surface area contributed by atoms with E-state index in [1.807, 2.05) is 48.5 Å². The number of piperidine rings is 1. The number of hydrogen-bond donors (Lipinski definition) is 2. The molecule has 0 spiro atoms. The maximum absolute atomic E-state index is 13.1. The van der Waals surface area contributed by atoms with Crippen LogP contribution in [0.25, 0.3) is 10.9 Å². The van der Waals surface area contributed by atoms with Gasteiger partial charge in [0.05, 0.1) is 29.4 Å². The van der Waals surface area contributed by atoms with Crippen LogP contribution in [0.15, 0.2) is 54.7 Å². The number of aliphatic hydroxyl groups is 1. The van der Waals surface area contributed by atoms with E-state index in [0.717, 1.165) is 73.8 Å². The van der Waals surface area contributed by atoms with E-state index in [0.29, 0.717) is 12.2 Å². The predicted octanol–water partition coefficient (Wildman–Crippen LogP) is 3.72. The van der Waals surface area contributed by atoms with Crippen molar-refractivity contribution < 1.29 is 9.90 Å². The average Bonchev–Trinajstić information content (AvgIpc) is 2.91. The SMILES string of the molecule is N#CC1(c2ccccn2)CCN(Cc2cc(C(=O)NC3CCCCC3O)nc3ccccc23)CC1. The van der Waals surface area contributed by atoms with Crippen LogP contribution in [-0.4, -0.2) is 51.1 Å². The van der Waals surface area contributed by atoms with Gasteiger partial charge in [0.25, 0.3) is 5.91 Å². The summed E-state index contributed by atoms with van der Waals surface area (Å²) in [5, 5.41) is 24.3. The van der Waals surface area contributed by atoms with Crippen molar-refractivity contribution in [1.29, 1.82) is 5.26 Å². The lowest BCUT2D eigenvalue weighted by molar-refractivity contribution is 0.0714. The van der Waals surface area contributed by atoms with E-state index in [4.69, 9.17) is 0 Å². The van der Waals surface area contributed by atoms with Gasteiger partial charge in [0.1, 0.15) is 11.1 Å². The molecule has 2 aromatic heterocycles. The number of fused-ring (bicyclic) bond motifs is 1. The molecule has 1 saturated carbocycles. The minimum Gasteiger partial charge on any atom is -0.391 e. The number of nitriles is 1. The quantitative estimate of drug-likeness (QED) is 0.591. The van der Waals surface area contributed by atoms with Crippen molar-refractivity contribution in [1.82, 2.24) is 20.2 Å². The molecule has 1 aromatic carbocycles. The largest absolute Gasteiger partial charge is 0.391 e. The molecule has 1 aliphatic heterocycles. The fraction of sp³-hybridized carbons (Fsp3) is 0.429. The van der Waals surface area contributed by atoms with Crippen LogP contribution < -0.4 is 5.32 Å². The Hall–Kier alpha value is -3.34. The van der Waals surface area contributed by atoms with Gasteiger partial charge in [-0.25, -0.2) is 4.98 Å². The number of aliphatic hydroxyl groups excluding tert-OH is 1. The molecule has 3 aromatic rings. The lowest BCUT2D eigenvalue weighted by atomic mass is 9.76. The highest BCUT2D eigenvalue weighted by Gasteiger charge is 2.37. The summed E-state index contributed by atoms with van der Waals surface area (Å²) in [7, 11) is 0. The van der Waals surface area contributed by atoms with Crippen LogP contribution in [0.3, 0.4) is 0 Å². The van der Waals surface area contributed by atoms with Crippen molar-refractivity contribution in [3.8, 4) is 6.07 Å². The van der Waals surface area contributed by atoms with Crippen molar-refractivity contribution in [2.24, 2.45) is 0 Å². The molecule has 7 heteroatoms. The van der Waals surface area contributed by atoms with E-state index in [9.17, 15) is 15.2 Å². The molecule has 35 heavy (non-hydrogen) atoms. The highest BCUT2D eigenvalue weighted by molar-refractivity contribution is 5.96. The number of benzene rings is 1.